The van der Waals surface area contributed by atoms with E-state index < -0.39 is 0 Å². The molecule has 114 valence electrons. The van der Waals surface area contributed by atoms with Crippen molar-refractivity contribution in [2.75, 3.05) is 0 Å². The van der Waals surface area contributed by atoms with Gasteiger partial charge in [0.1, 0.15) is 5.75 Å². The standard InChI is InChI=1S/C23H16O/c24-21-14-17-13-16-9-4-5-10-19(16)22(17)23-18(11-6-12-20(21)23)15-7-2-1-3-8-15/h1-12,14,24H,13H2. The van der Waals surface area contributed by atoms with E-state index in [4.69, 9.17) is 0 Å². The van der Waals surface area contributed by atoms with Crippen molar-refractivity contribution < 1.29 is 5.11 Å². The van der Waals surface area contributed by atoms with Crippen molar-refractivity contribution >= 4 is 10.8 Å². The lowest BCUT2D eigenvalue weighted by atomic mass is 9.90. The van der Waals surface area contributed by atoms with Crippen LogP contribution in [0.15, 0.2) is 78.9 Å². The van der Waals surface area contributed by atoms with Gasteiger partial charge in [-0.25, -0.2) is 0 Å². The molecule has 0 spiro atoms. The highest BCUT2D eigenvalue weighted by atomic mass is 16.3. The van der Waals surface area contributed by atoms with Gasteiger partial charge in [-0.05, 0) is 45.9 Å². The van der Waals surface area contributed by atoms with E-state index in [9.17, 15) is 5.11 Å². The van der Waals surface area contributed by atoms with Gasteiger partial charge in [-0.2, -0.15) is 0 Å². The number of fused-ring (bicyclic) bond motifs is 5. The lowest BCUT2D eigenvalue weighted by Crippen LogP contribution is -1.88. The molecule has 0 heterocycles. The Bertz CT molecular complexity index is 1080. The van der Waals surface area contributed by atoms with Gasteiger partial charge < -0.3 is 5.11 Å². The summed E-state index contributed by atoms with van der Waals surface area (Å²) in [7, 11) is 0. The summed E-state index contributed by atoms with van der Waals surface area (Å²) >= 11 is 0. The van der Waals surface area contributed by atoms with Gasteiger partial charge in [0, 0.05) is 10.8 Å². The van der Waals surface area contributed by atoms with E-state index >= 15 is 0 Å². The van der Waals surface area contributed by atoms with Gasteiger partial charge in [-0.1, -0.05) is 72.8 Å². The van der Waals surface area contributed by atoms with Crippen molar-refractivity contribution in [2.24, 2.45) is 0 Å². The van der Waals surface area contributed by atoms with Crippen LogP contribution in [-0.4, -0.2) is 5.11 Å². The summed E-state index contributed by atoms with van der Waals surface area (Å²) in [6.07, 6.45) is 0.887. The molecule has 0 radical (unpaired) electrons. The van der Waals surface area contributed by atoms with E-state index in [2.05, 4.69) is 54.6 Å². The second-order valence-corrected chi connectivity index (χ2v) is 6.36. The zero-order chi connectivity index (χ0) is 16.1. The first kappa shape index (κ1) is 13.4. The van der Waals surface area contributed by atoms with Gasteiger partial charge in [0.2, 0.25) is 0 Å². The fourth-order valence-corrected chi connectivity index (χ4v) is 3.94. The fourth-order valence-electron chi connectivity index (χ4n) is 3.94. The molecule has 0 saturated heterocycles. The van der Waals surface area contributed by atoms with Gasteiger partial charge in [-0.15, -0.1) is 0 Å². The Kier molecular flexibility index (Phi) is 2.77. The Labute approximate surface area is 140 Å². The number of phenolic OH excluding ortho intramolecular Hbond substituents is 1. The van der Waals surface area contributed by atoms with Crippen LogP contribution in [0, 0.1) is 0 Å². The smallest absolute Gasteiger partial charge is 0.123 e. The molecule has 0 saturated carbocycles. The highest BCUT2D eigenvalue weighted by Crippen LogP contribution is 2.47. The van der Waals surface area contributed by atoms with Crippen molar-refractivity contribution in [3.8, 4) is 28.0 Å². The van der Waals surface area contributed by atoms with Crippen LogP contribution in [0.5, 0.6) is 5.75 Å². The third-order valence-electron chi connectivity index (χ3n) is 4.97. The molecule has 1 aliphatic rings. The van der Waals surface area contributed by atoms with Crippen molar-refractivity contribution in [3.63, 3.8) is 0 Å². The molecular weight excluding hydrogens is 292 g/mol. The summed E-state index contributed by atoms with van der Waals surface area (Å²) < 4.78 is 0. The number of hydrogen-bond acceptors (Lipinski definition) is 1. The van der Waals surface area contributed by atoms with Crippen molar-refractivity contribution in [2.45, 2.75) is 6.42 Å². The molecule has 0 aromatic heterocycles. The molecule has 4 aromatic carbocycles. The lowest BCUT2D eigenvalue weighted by molar-refractivity contribution is 0.481. The molecular formula is C23H16O. The summed E-state index contributed by atoms with van der Waals surface area (Å²) in [5.74, 6) is 0.370. The molecule has 0 atom stereocenters. The van der Waals surface area contributed by atoms with E-state index in [0.29, 0.717) is 5.75 Å². The molecule has 5 rings (SSSR count). The van der Waals surface area contributed by atoms with E-state index in [1.54, 1.807) is 0 Å². The SMILES string of the molecule is Oc1cc2c(c3c(-c4ccccc4)cccc13)-c1ccccc1C2. The molecule has 0 bridgehead atoms. The maximum Gasteiger partial charge on any atom is 0.123 e. The third-order valence-corrected chi connectivity index (χ3v) is 4.97. The molecule has 0 amide bonds. The molecule has 1 nitrogen and oxygen atoms in total. The summed E-state index contributed by atoms with van der Waals surface area (Å²) in [5.41, 5.74) is 7.47. The molecule has 1 N–H and O–H groups in total. The molecule has 1 aliphatic carbocycles. The second-order valence-electron chi connectivity index (χ2n) is 6.36. The molecule has 0 unspecified atom stereocenters. The molecule has 4 aromatic rings. The summed E-state index contributed by atoms with van der Waals surface area (Å²) in [5, 5.41) is 12.7. The number of phenols is 1. The average molecular weight is 308 g/mol. The summed E-state index contributed by atoms with van der Waals surface area (Å²) in [4.78, 5) is 0. The van der Waals surface area contributed by atoms with Crippen LogP contribution in [0.25, 0.3) is 33.0 Å². The minimum absolute atomic E-state index is 0.370. The third kappa shape index (κ3) is 1.82. The van der Waals surface area contributed by atoms with E-state index in [1.165, 1.54) is 33.4 Å². The minimum atomic E-state index is 0.370. The maximum atomic E-state index is 10.6. The number of rotatable bonds is 1. The van der Waals surface area contributed by atoms with E-state index in [1.807, 2.05) is 24.3 Å². The van der Waals surface area contributed by atoms with Gasteiger partial charge in [-0.3, -0.25) is 0 Å². The highest BCUT2D eigenvalue weighted by Gasteiger charge is 2.23. The number of benzene rings is 4. The Morgan fingerprint density at radius 3 is 2.29 bits per heavy atom. The molecule has 0 aliphatic heterocycles. The van der Waals surface area contributed by atoms with Crippen molar-refractivity contribution in [3.05, 3.63) is 90.0 Å². The van der Waals surface area contributed by atoms with Crippen LogP contribution in [0.4, 0.5) is 0 Å². The van der Waals surface area contributed by atoms with Crippen molar-refractivity contribution in [1.29, 1.82) is 0 Å². The summed E-state index contributed by atoms with van der Waals surface area (Å²) in [6.45, 7) is 0. The van der Waals surface area contributed by atoms with Crippen LogP contribution in [0.3, 0.4) is 0 Å². The number of aromatic hydroxyl groups is 1. The lowest BCUT2D eigenvalue weighted by Gasteiger charge is -2.14. The van der Waals surface area contributed by atoms with Gasteiger partial charge in [0.05, 0.1) is 0 Å². The van der Waals surface area contributed by atoms with Crippen LogP contribution in [0.2, 0.25) is 0 Å². The second kappa shape index (κ2) is 4.97. The minimum Gasteiger partial charge on any atom is -0.507 e. The van der Waals surface area contributed by atoms with Crippen LogP contribution < -0.4 is 0 Å². The Balaban J connectivity index is 1.95. The molecule has 1 heteroatoms. The monoisotopic (exact) mass is 308 g/mol. The Morgan fingerprint density at radius 2 is 1.42 bits per heavy atom. The average Bonchev–Trinajstić information content (AvgIpc) is 3.00. The maximum absolute atomic E-state index is 10.6. The van der Waals surface area contributed by atoms with Crippen molar-refractivity contribution in [1.82, 2.24) is 0 Å². The van der Waals surface area contributed by atoms with Crippen LogP contribution in [-0.2, 0) is 6.42 Å². The first-order valence-corrected chi connectivity index (χ1v) is 8.24. The van der Waals surface area contributed by atoms with Crippen LogP contribution in [0.1, 0.15) is 11.1 Å². The van der Waals surface area contributed by atoms with Gasteiger partial charge in [0.15, 0.2) is 0 Å². The first-order chi connectivity index (χ1) is 11.8. The van der Waals surface area contributed by atoms with E-state index in [-0.39, 0.29) is 0 Å². The van der Waals surface area contributed by atoms with E-state index in [0.717, 1.165) is 17.2 Å². The molecule has 0 fully saturated rings. The Hall–Kier alpha value is -3.06. The van der Waals surface area contributed by atoms with Gasteiger partial charge in [0.25, 0.3) is 0 Å². The predicted octanol–water partition coefficient (Wildman–Crippen LogP) is 5.78. The van der Waals surface area contributed by atoms with Gasteiger partial charge >= 0.3 is 0 Å². The predicted molar refractivity (Wildman–Crippen MR) is 99.3 cm³/mol. The normalized spacial score (nSPS) is 12.2. The fraction of sp³-hybridized carbons (Fsp3) is 0.0435. The Morgan fingerprint density at radius 1 is 0.667 bits per heavy atom. The summed E-state index contributed by atoms with van der Waals surface area (Å²) in [6, 6.07) is 27.1. The zero-order valence-electron chi connectivity index (χ0n) is 13.2. The zero-order valence-corrected chi connectivity index (χ0v) is 13.2. The topological polar surface area (TPSA) is 20.2 Å². The molecule has 24 heavy (non-hydrogen) atoms. The first-order valence-electron chi connectivity index (χ1n) is 8.24. The highest BCUT2D eigenvalue weighted by molar-refractivity contribution is 6.11. The largest absolute Gasteiger partial charge is 0.507 e. The number of hydrogen-bond donors (Lipinski definition) is 1. The quantitative estimate of drug-likeness (QED) is 0.416. The van der Waals surface area contributed by atoms with Crippen LogP contribution >= 0.6 is 0 Å².